The molecule has 0 spiro atoms. The highest BCUT2D eigenvalue weighted by atomic mass is 19.3. The van der Waals surface area contributed by atoms with E-state index in [1.807, 2.05) is 0 Å². The first-order valence-corrected chi connectivity index (χ1v) is 12.3. The van der Waals surface area contributed by atoms with Crippen LogP contribution in [-0.2, 0) is 4.79 Å². The van der Waals surface area contributed by atoms with E-state index in [1.165, 1.54) is 31.5 Å². The van der Waals surface area contributed by atoms with Crippen molar-refractivity contribution in [2.45, 2.75) is 64.2 Å². The highest BCUT2D eigenvalue weighted by Gasteiger charge is 2.36. The molecule has 0 saturated heterocycles. The van der Waals surface area contributed by atoms with E-state index >= 15 is 0 Å². The van der Waals surface area contributed by atoms with Gasteiger partial charge in [0, 0.05) is 36.2 Å². The van der Waals surface area contributed by atoms with Crippen molar-refractivity contribution in [3.05, 3.63) is 41.3 Å². The molecule has 2 fully saturated rings. The Morgan fingerprint density at radius 3 is 2.68 bits per heavy atom. The quantitative estimate of drug-likeness (QED) is 0.412. The molecule has 37 heavy (non-hydrogen) atoms. The highest BCUT2D eigenvalue weighted by molar-refractivity contribution is 6.09. The number of fused-ring (bicyclic) bond motifs is 1. The molecule has 2 heterocycles. The van der Waals surface area contributed by atoms with Crippen LogP contribution < -0.4 is 15.4 Å². The first-order chi connectivity index (χ1) is 17.7. The molecule has 11 heteroatoms. The third kappa shape index (κ3) is 5.26. The van der Waals surface area contributed by atoms with Crippen LogP contribution in [-0.4, -0.2) is 51.6 Å². The van der Waals surface area contributed by atoms with Gasteiger partial charge in [-0.05, 0) is 50.3 Å². The van der Waals surface area contributed by atoms with E-state index < -0.39 is 24.5 Å². The summed E-state index contributed by atoms with van der Waals surface area (Å²) >= 11 is 0. The summed E-state index contributed by atoms with van der Waals surface area (Å²) in [6.45, 7) is 3.53. The molecule has 8 nitrogen and oxygen atoms in total. The molecule has 2 saturated carbocycles. The lowest BCUT2D eigenvalue weighted by atomic mass is 10.0. The molecule has 5 rings (SSSR count). The third-order valence-corrected chi connectivity index (χ3v) is 6.89. The summed E-state index contributed by atoms with van der Waals surface area (Å²) in [7, 11) is 0. The number of carbonyl (C=O) groups excluding carboxylic acids is 2. The van der Waals surface area contributed by atoms with Crippen LogP contribution in [0.4, 0.5) is 13.2 Å². The molecule has 2 amide bonds. The van der Waals surface area contributed by atoms with Crippen LogP contribution in [0.3, 0.4) is 0 Å². The van der Waals surface area contributed by atoms with E-state index in [4.69, 9.17) is 4.74 Å². The van der Waals surface area contributed by atoms with Crippen molar-refractivity contribution in [1.29, 1.82) is 0 Å². The Morgan fingerprint density at radius 2 is 1.97 bits per heavy atom. The van der Waals surface area contributed by atoms with E-state index in [2.05, 4.69) is 25.6 Å². The van der Waals surface area contributed by atoms with Gasteiger partial charge in [-0.1, -0.05) is 0 Å². The van der Waals surface area contributed by atoms with Gasteiger partial charge in [0.05, 0.1) is 23.7 Å². The zero-order valence-corrected chi connectivity index (χ0v) is 20.5. The van der Waals surface area contributed by atoms with Crippen LogP contribution in [0.2, 0.25) is 0 Å². The zero-order chi connectivity index (χ0) is 26.3. The van der Waals surface area contributed by atoms with Crippen LogP contribution >= 0.6 is 0 Å². The Bertz CT molecular complexity index is 1340. The third-order valence-electron chi connectivity index (χ3n) is 6.89. The average molecular weight is 516 g/mol. The van der Waals surface area contributed by atoms with Gasteiger partial charge in [-0.2, -0.15) is 0 Å². The normalized spacial score (nSPS) is 21.4. The van der Waals surface area contributed by atoms with Crippen molar-refractivity contribution in [1.82, 2.24) is 25.6 Å². The molecule has 0 bridgehead atoms. The van der Waals surface area contributed by atoms with Crippen LogP contribution in [0.15, 0.2) is 24.5 Å². The number of hydrogen-bond donors (Lipinski definition) is 3. The molecular weight excluding hydrogens is 487 g/mol. The molecule has 0 radical (unpaired) electrons. The van der Waals surface area contributed by atoms with Crippen molar-refractivity contribution >= 4 is 22.8 Å². The van der Waals surface area contributed by atoms with Crippen molar-refractivity contribution in [3.8, 4) is 17.0 Å². The van der Waals surface area contributed by atoms with Crippen LogP contribution in [0, 0.1) is 12.8 Å². The van der Waals surface area contributed by atoms with Gasteiger partial charge in [0.15, 0.2) is 0 Å². The summed E-state index contributed by atoms with van der Waals surface area (Å²) in [6.07, 6.45) is -0.182. The molecule has 196 valence electrons. The van der Waals surface area contributed by atoms with Crippen molar-refractivity contribution in [3.63, 3.8) is 0 Å². The Labute approximate surface area is 211 Å². The van der Waals surface area contributed by atoms with Gasteiger partial charge in [0.1, 0.15) is 29.5 Å². The molecule has 3 N–H and O–H groups in total. The van der Waals surface area contributed by atoms with Gasteiger partial charge in [0.2, 0.25) is 5.91 Å². The maximum atomic E-state index is 14.6. The van der Waals surface area contributed by atoms with Crippen molar-refractivity contribution in [2.75, 3.05) is 6.61 Å². The molecule has 0 unspecified atom stereocenters. The Hall–Kier alpha value is -3.63. The summed E-state index contributed by atoms with van der Waals surface area (Å²) < 4.78 is 47.6. The second-order valence-corrected chi connectivity index (χ2v) is 9.85. The number of nitrogens with one attached hydrogen (secondary N) is 3. The van der Waals surface area contributed by atoms with Crippen LogP contribution in [0.1, 0.15) is 60.6 Å². The molecule has 3 aromatic rings. The molecule has 2 aliphatic rings. The number of nitrogens with zero attached hydrogens (tertiary/aromatic N) is 2. The van der Waals surface area contributed by atoms with E-state index in [1.54, 1.807) is 6.92 Å². The fourth-order valence-electron chi connectivity index (χ4n) is 4.87. The number of H-pyrrole nitrogens is 1. The number of carbonyl (C=O) groups is 2. The fraction of sp³-hybridized carbons (Fsp3) is 0.462. The average Bonchev–Trinajstić information content (AvgIpc) is 3.52. The maximum Gasteiger partial charge on any atom is 0.263 e. The summed E-state index contributed by atoms with van der Waals surface area (Å²) in [4.78, 5) is 36.3. The van der Waals surface area contributed by atoms with Gasteiger partial charge < -0.3 is 20.4 Å². The fourth-order valence-corrected chi connectivity index (χ4v) is 4.87. The number of amides is 2. The maximum absolute atomic E-state index is 14.6. The number of halogens is 3. The number of rotatable bonds is 8. The predicted octanol–water partition coefficient (Wildman–Crippen LogP) is 4.39. The first kappa shape index (κ1) is 25.0. The lowest BCUT2D eigenvalue weighted by Gasteiger charge is -2.15. The highest BCUT2D eigenvalue weighted by Crippen LogP contribution is 2.38. The van der Waals surface area contributed by atoms with Gasteiger partial charge in [-0.25, -0.2) is 23.1 Å². The molecule has 2 aromatic heterocycles. The smallest absolute Gasteiger partial charge is 0.263 e. The Balaban J connectivity index is 1.47. The van der Waals surface area contributed by atoms with E-state index in [0.717, 1.165) is 12.8 Å². The van der Waals surface area contributed by atoms with Gasteiger partial charge in [-0.3, -0.25) is 9.59 Å². The molecule has 3 atom stereocenters. The van der Waals surface area contributed by atoms with Gasteiger partial charge in [-0.15, -0.1) is 0 Å². The number of alkyl halides is 3. The molecular formula is C26H28F3N5O3. The number of aromatic amines is 1. The van der Waals surface area contributed by atoms with Gasteiger partial charge in [0.25, 0.3) is 12.3 Å². The minimum absolute atomic E-state index is 0.119. The lowest BCUT2D eigenvalue weighted by molar-refractivity contribution is -0.119. The zero-order valence-electron chi connectivity index (χ0n) is 20.5. The largest absolute Gasteiger partial charge is 0.493 e. The van der Waals surface area contributed by atoms with Crippen molar-refractivity contribution < 1.29 is 27.5 Å². The number of ether oxygens (including phenoxy) is 1. The Kier molecular flexibility index (Phi) is 6.78. The summed E-state index contributed by atoms with van der Waals surface area (Å²) in [5.74, 6) is 0.106. The predicted molar refractivity (Wildman–Crippen MR) is 130 cm³/mol. The summed E-state index contributed by atoms with van der Waals surface area (Å²) in [5.41, 5.74) is 1.92. The number of aromatic nitrogens is 3. The van der Waals surface area contributed by atoms with Crippen LogP contribution in [0.5, 0.6) is 5.75 Å². The second kappa shape index (κ2) is 10.0. The van der Waals surface area contributed by atoms with E-state index in [9.17, 15) is 22.8 Å². The minimum atomic E-state index is -2.68. The summed E-state index contributed by atoms with van der Waals surface area (Å²) in [5, 5.41) is 5.43. The minimum Gasteiger partial charge on any atom is -0.493 e. The van der Waals surface area contributed by atoms with E-state index in [-0.39, 0.29) is 35.9 Å². The molecule has 2 aliphatic carbocycles. The van der Waals surface area contributed by atoms with Crippen LogP contribution in [0.25, 0.3) is 22.3 Å². The number of hydrogen-bond acceptors (Lipinski definition) is 5. The monoisotopic (exact) mass is 515 g/mol. The number of aryl methyl sites for hydroxylation is 1. The SMILES string of the molecule is CC(=O)N[C@H]1C[C@@H](F)[C@H](NC(=O)c2c(C)[nH]c3c(-c4cc(C(F)F)ccc4OCC4CC4)ncnc23)C1. The standard InChI is InChI=1S/C26H28F3N5O3/c1-12-21(26(36)34-19-9-16(8-18(19)27)33-13(2)35)23-24(32-12)22(30-11-31-23)17-7-15(25(28)29)5-6-20(17)37-10-14-3-4-14/h5-7,11,14,16,18-19,25,32H,3-4,8-10H2,1-2H3,(H,33,35)(H,34,36)/t16-,18+,19+/m0/s1. The van der Waals surface area contributed by atoms with Crippen molar-refractivity contribution in [2.24, 2.45) is 5.92 Å². The number of benzene rings is 1. The Morgan fingerprint density at radius 1 is 1.19 bits per heavy atom. The first-order valence-electron chi connectivity index (χ1n) is 12.3. The second-order valence-electron chi connectivity index (χ2n) is 9.85. The topological polar surface area (TPSA) is 109 Å². The van der Waals surface area contributed by atoms with E-state index in [0.29, 0.717) is 46.3 Å². The molecule has 0 aliphatic heterocycles. The summed E-state index contributed by atoms with van der Waals surface area (Å²) in [6, 6.07) is 3.08. The van der Waals surface area contributed by atoms with Gasteiger partial charge >= 0.3 is 0 Å². The lowest BCUT2D eigenvalue weighted by Crippen LogP contribution is -2.39. The molecule has 1 aromatic carbocycles.